The molecule has 1 saturated carbocycles. The van der Waals surface area contributed by atoms with Crippen LogP contribution in [0.25, 0.3) is 0 Å². The first-order chi connectivity index (χ1) is 11.5. The van der Waals surface area contributed by atoms with Crippen molar-refractivity contribution in [3.8, 4) is 5.75 Å². The zero-order valence-electron chi connectivity index (χ0n) is 14.5. The van der Waals surface area contributed by atoms with Gasteiger partial charge in [-0.1, -0.05) is 26.0 Å². The van der Waals surface area contributed by atoms with Gasteiger partial charge in [0.05, 0.1) is 0 Å². The third-order valence-corrected chi connectivity index (χ3v) is 4.81. The monoisotopic (exact) mass is 333 g/mol. The lowest BCUT2D eigenvalue weighted by molar-refractivity contribution is -0.139. The van der Waals surface area contributed by atoms with E-state index < -0.39 is 5.97 Å². The first kappa shape index (κ1) is 18.3. The number of carboxylic acid groups (broad SMARTS) is 1. The molecule has 1 amide bonds. The Bertz CT molecular complexity index is 562. The lowest BCUT2D eigenvalue weighted by Gasteiger charge is -2.30. The van der Waals surface area contributed by atoms with Crippen LogP contribution in [-0.2, 0) is 16.1 Å². The van der Waals surface area contributed by atoms with Crippen molar-refractivity contribution in [3.63, 3.8) is 0 Å². The predicted octanol–water partition coefficient (Wildman–Crippen LogP) is 3.23. The summed E-state index contributed by atoms with van der Waals surface area (Å²) in [6.07, 6.45) is 4.20. The molecular formula is C19H27NO4. The smallest absolute Gasteiger partial charge is 0.341 e. The van der Waals surface area contributed by atoms with E-state index in [1.807, 2.05) is 6.07 Å². The zero-order chi connectivity index (χ0) is 17.5. The van der Waals surface area contributed by atoms with Gasteiger partial charge in [0.2, 0.25) is 5.91 Å². The Kier molecular flexibility index (Phi) is 6.64. The van der Waals surface area contributed by atoms with Crippen LogP contribution in [0.3, 0.4) is 0 Å². The molecule has 24 heavy (non-hydrogen) atoms. The second kappa shape index (κ2) is 8.71. The van der Waals surface area contributed by atoms with E-state index in [1.54, 1.807) is 18.2 Å². The summed E-state index contributed by atoms with van der Waals surface area (Å²) in [5, 5.41) is 11.6. The van der Waals surface area contributed by atoms with Crippen LogP contribution in [0.2, 0.25) is 0 Å². The van der Waals surface area contributed by atoms with Gasteiger partial charge < -0.3 is 15.2 Å². The van der Waals surface area contributed by atoms with E-state index >= 15 is 0 Å². The predicted molar refractivity (Wildman–Crippen MR) is 91.7 cm³/mol. The second-order valence-corrected chi connectivity index (χ2v) is 6.90. The molecule has 0 spiro atoms. The number of rotatable bonds is 7. The van der Waals surface area contributed by atoms with Gasteiger partial charge in [0.15, 0.2) is 6.61 Å². The van der Waals surface area contributed by atoms with Gasteiger partial charge in [0, 0.05) is 12.5 Å². The van der Waals surface area contributed by atoms with Crippen molar-refractivity contribution in [2.45, 2.75) is 46.1 Å². The molecule has 132 valence electrons. The number of hydrogen-bond acceptors (Lipinski definition) is 3. The Hall–Kier alpha value is -2.04. The summed E-state index contributed by atoms with van der Waals surface area (Å²) < 4.78 is 5.15. The summed E-state index contributed by atoms with van der Waals surface area (Å²) in [7, 11) is 0. The maximum Gasteiger partial charge on any atom is 0.341 e. The molecule has 0 radical (unpaired) electrons. The van der Waals surface area contributed by atoms with Crippen LogP contribution in [0.15, 0.2) is 24.3 Å². The van der Waals surface area contributed by atoms with Gasteiger partial charge in [0.1, 0.15) is 5.75 Å². The SMILES string of the molecule is CC(C)C1CCC(C(=O)NCc2cccc(OCC(=O)O)c2)CC1. The summed E-state index contributed by atoms with van der Waals surface area (Å²) in [6, 6.07) is 7.16. The van der Waals surface area contributed by atoms with E-state index in [1.165, 1.54) is 0 Å². The number of hydrogen-bond donors (Lipinski definition) is 2. The van der Waals surface area contributed by atoms with E-state index in [0.717, 1.165) is 37.2 Å². The molecular weight excluding hydrogens is 306 g/mol. The lowest BCUT2D eigenvalue weighted by Crippen LogP contribution is -2.33. The fourth-order valence-corrected chi connectivity index (χ4v) is 3.27. The minimum absolute atomic E-state index is 0.117. The molecule has 0 aliphatic heterocycles. The van der Waals surface area contributed by atoms with E-state index in [-0.39, 0.29) is 18.4 Å². The number of nitrogens with one attached hydrogen (secondary N) is 1. The topological polar surface area (TPSA) is 75.6 Å². The first-order valence-electron chi connectivity index (χ1n) is 8.67. The number of carbonyl (C=O) groups excluding carboxylic acids is 1. The van der Waals surface area contributed by atoms with Crippen LogP contribution in [-0.4, -0.2) is 23.6 Å². The maximum absolute atomic E-state index is 12.3. The molecule has 1 aromatic carbocycles. The number of ether oxygens (including phenoxy) is 1. The Morgan fingerprint density at radius 3 is 2.58 bits per heavy atom. The number of benzene rings is 1. The quantitative estimate of drug-likeness (QED) is 0.803. The molecule has 1 fully saturated rings. The number of carboxylic acids is 1. The average molecular weight is 333 g/mol. The minimum Gasteiger partial charge on any atom is -0.482 e. The van der Waals surface area contributed by atoms with Crippen molar-refractivity contribution < 1.29 is 19.4 Å². The fourth-order valence-electron chi connectivity index (χ4n) is 3.27. The molecule has 2 rings (SSSR count). The molecule has 5 nitrogen and oxygen atoms in total. The first-order valence-corrected chi connectivity index (χ1v) is 8.67. The van der Waals surface area contributed by atoms with Gasteiger partial charge in [-0.3, -0.25) is 4.79 Å². The Labute approximate surface area is 143 Å². The Morgan fingerprint density at radius 1 is 1.25 bits per heavy atom. The van der Waals surface area contributed by atoms with Crippen molar-refractivity contribution in [2.24, 2.45) is 17.8 Å². The maximum atomic E-state index is 12.3. The Balaban J connectivity index is 1.79. The molecule has 1 aliphatic carbocycles. The molecule has 1 aliphatic rings. The second-order valence-electron chi connectivity index (χ2n) is 6.90. The van der Waals surface area contributed by atoms with E-state index in [9.17, 15) is 9.59 Å². The summed E-state index contributed by atoms with van der Waals surface area (Å²) in [5.74, 6) is 1.17. The molecule has 1 aromatic rings. The largest absolute Gasteiger partial charge is 0.482 e. The van der Waals surface area contributed by atoms with Crippen molar-refractivity contribution in [3.05, 3.63) is 29.8 Å². The van der Waals surface area contributed by atoms with E-state index in [0.29, 0.717) is 18.2 Å². The van der Waals surface area contributed by atoms with Crippen LogP contribution in [0.4, 0.5) is 0 Å². The third-order valence-electron chi connectivity index (χ3n) is 4.81. The highest BCUT2D eigenvalue weighted by atomic mass is 16.5. The van der Waals surface area contributed by atoms with Crippen LogP contribution >= 0.6 is 0 Å². The minimum atomic E-state index is -1.01. The highest BCUT2D eigenvalue weighted by Gasteiger charge is 2.27. The summed E-state index contributed by atoms with van der Waals surface area (Å²) >= 11 is 0. The third kappa shape index (κ3) is 5.55. The molecule has 0 unspecified atom stereocenters. The standard InChI is InChI=1S/C19H27NO4/c1-13(2)15-6-8-16(9-7-15)19(23)20-11-14-4-3-5-17(10-14)24-12-18(21)22/h3-5,10,13,15-16H,6-9,11-12H2,1-2H3,(H,20,23)(H,21,22). The van der Waals surface area contributed by atoms with Gasteiger partial charge in [-0.15, -0.1) is 0 Å². The van der Waals surface area contributed by atoms with E-state index in [4.69, 9.17) is 9.84 Å². The van der Waals surface area contributed by atoms with E-state index in [2.05, 4.69) is 19.2 Å². The van der Waals surface area contributed by atoms with Crippen molar-refractivity contribution >= 4 is 11.9 Å². The van der Waals surface area contributed by atoms with Crippen LogP contribution in [0.1, 0.15) is 45.1 Å². The van der Waals surface area contributed by atoms with Crippen LogP contribution < -0.4 is 10.1 Å². The average Bonchev–Trinajstić information content (AvgIpc) is 2.58. The molecule has 2 N–H and O–H groups in total. The van der Waals surface area contributed by atoms with Gasteiger partial charge in [-0.05, 0) is 55.2 Å². The van der Waals surface area contributed by atoms with Crippen molar-refractivity contribution in [1.82, 2.24) is 5.32 Å². The molecule has 0 heterocycles. The number of carbonyl (C=O) groups is 2. The molecule has 0 atom stereocenters. The molecule has 0 aromatic heterocycles. The summed E-state index contributed by atoms with van der Waals surface area (Å²) in [6.45, 7) is 4.58. The van der Waals surface area contributed by atoms with Gasteiger partial charge in [-0.2, -0.15) is 0 Å². The van der Waals surface area contributed by atoms with Gasteiger partial charge >= 0.3 is 5.97 Å². The highest BCUT2D eigenvalue weighted by Crippen LogP contribution is 2.33. The highest BCUT2D eigenvalue weighted by molar-refractivity contribution is 5.78. The van der Waals surface area contributed by atoms with Crippen molar-refractivity contribution in [2.75, 3.05) is 6.61 Å². The van der Waals surface area contributed by atoms with Gasteiger partial charge in [0.25, 0.3) is 0 Å². The lowest BCUT2D eigenvalue weighted by atomic mass is 9.77. The van der Waals surface area contributed by atoms with Crippen LogP contribution in [0.5, 0.6) is 5.75 Å². The van der Waals surface area contributed by atoms with Crippen molar-refractivity contribution in [1.29, 1.82) is 0 Å². The number of aliphatic carboxylic acids is 1. The summed E-state index contributed by atoms with van der Waals surface area (Å²) in [5.41, 5.74) is 0.905. The van der Waals surface area contributed by atoms with Crippen LogP contribution in [0, 0.1) is 17.8 Å². The molecule has 5 heteroatoms. The Morgan fingerprint density at radius 2 is 1.96 bits per heavy atom. The number of amides is 1. The fraction of sp³-hybridized carbons (Fsp3) is 0.579. The van der Waals surface area contributed by atoms with Gasteiger partial charge in [-0.25, -0.2) is 4.79 Å². The summed E-state index contributed by atoms with van der Waals surface area (Å²) in [4.78, 5) is 22.9. The zero-order valence-corrected chi connectivity index (χ0v) is 14.5. The molecule has 0 saturated heterocycles. The normalized spacial score (nSPS) is 20.6. The molecule has 0 bridgehead atoms.